The number of nitrogens with zero attached hydrogens (tertiary/aromatic N) is 5. The lowest BCUT2D eigenvalue weighted by molar-refractivity contribution is -0.0290. The minimum atomic E-state index is -0.359. The Morgan fingerprint density at radius 3 is 0.905 bits per heavy atom. The van der Waals surface area contributed by atoms with Gasteiger partial charge in [0.25, 0.3) is 0 Å². The van der Waals surface area contributed by atoms with Gasteiger partial charge in [0.05, 0.1) is 208 Å². The number of amides is 2. The van der Waals surface area contributed by atoms with Crippen molar-refractivity contribution in [3.05, 3.63) is 0 Å². The number of nitrogens with one attached hydrogen (secondary N) is 2. The summed E-state index contributed by atoms with van der Waals surface area (Å²) in [6.45, 7) is 19.9. The summed E-state index contributed by atoms with van der Waals surface area (Å²) in [6, 6.07) is 8.89. The third-order valence-electron chi connectivity index (χ3n) is 22.2. The fourth-order valence-electron chi connectivity index (χ4n) is 15.7. The number of rotatable bonds is 59. The maximum Gasteiger partial charge on any atom is 0.407 e. The summed E-state index contributed by atoms with van der Waals surface area (Å²) in [5, 5.41) is 6.29. The van der Waals surface area contributed by atoms with E-state index in [4.69, 9.17) is 95.8 Å². The normalized spacial score (nSPS) is 27.3. The highest BCUT2D eigenvalue weighted by Crippen LogP contribution is 2.40. The van der Waals surface area contributed by atoms with Gasteiger partial charge in [0.2, 0.25) is 0 Å². The van der Waals surface area contributed by atoms with E-state index in [1.54, 1.807) is 7.11 Å². The molecule has 0 aromatic heterocycles. The van der Waals surface area contributed by atoms with Crippen LogP contribution in [0.15, 0.2) is 20.0 Å². The van der Waals surface area contributed by atoms with E-state index < -0.39 is 0 Å². The van der Waals surface area contributed by atoms with E-state index in [9.17, 15) is 9.59 Å². The molecule has 1 aliphatic heterocycles. The molecular weight excluding hydrogens is 1350 g/mol. The highest BCUT2D eigenvalue weighted by molar-refractivity contribution is 5.68. The number of methoxy groups -OCH3 is 1. The quantitative estimate of drug-likeness (QED) is 0.0326. The van der Waals surface area contributed by atoms with Crippen LogP contribution in [0, 0.1) is 35.5 Å². The van der Waals surface area contributed by atoms with Crippen LogP contribution in [0.1, 0.15) is 200 Å². The van der Waals surface area contributed by atoms with E-state index in [0.29, 0.717) is 202 Å². The summed E-state index contributed by atoms with van der Waals surface area (Å²) in [6.07, 6.45) is 33.5. The van der Waals surface area contributed by atoms with Crippen molar-refractivity contribution < 1.29 is 85.4 Å². The molecule has 0 bridgehead atoms. The minimum Gasteiger partial charge on any atom is -0.447 e. The molecule has 25 heteroatoms. The van der Waals surface area contributed by atoms with Crippen LogP contribution in [0.2, 0.25) is 0 Å². The molecule has 6 aliphatic carbocycles. The first-order chi connectivity index (χ1) is 51.8. The zero-order valence-corrected chi connectivity index (χ0v) is 65.4. The van der Waals surface area contributed by atoms with Gasteiger partial charge in [-0.15, -0.1) is 0 Å². The van der Waals surface area contributed by atoms with Crippen LogP contribution in [0.4, 0.5) is 9.59 Å². The molecule has 3 atom stereocenters. The Labute approximate surface area is 631 Å². The third kappa shape index (κ3) is 43.8. The zero-order valence-electron chi connectivity index (χ0n) is 65.4. The molecule has 7 rings (SSSR count). The summed E-state index contributed by atoms with van der Waals surface area (Å²) in [4.78, 5) is 47.2. The van der Waals surface area contributed by atoms with Gasteiger partial charge in [0, 0.05) is 44.9 Å². The smallest absolute Gasteiger partial charge is 0.407 e. The van der Waals surface area contributed by atoms with Gasteiger partial charge in [-0.05, 0) is 222 Å². The number of hydrogen-bond acceptors (Lipinski definition) is 23. The molecule has 1 saturated heterocycles. The lowest BCUT2D eigenvalue weighted by Gasteiger charge is -2.33. The summed E-state index contributed by atoms with van der Waals surface area (Å²) < 4.78 is 88.3. The zero-order chi connectivity index (χ0) is 73.5. The fraction of sp³-hybridized carbons (Fsp3) is 0.950. The monoisotopic (exact) mass is 1490 g/mol. The second-order valence-electron chi connectivity index (χ2n) is 30.6. The van der Waals surface area contributed by atoms with Crippen LogP contribution in [0.25, 0.3) is 0 Å². The van der Waals surface area contributed by atoms with Crippen molar-refractivity contribution in [3.8, 4) is 0 Å². The number of carbonyl (C=O) groups excluding carboxylic acids is 2. The van der Waals surface area contributed by atoms with E-state index in [0.717, 1.165) is 132 Å². The van der Waals surface area contributed by atoms with Crippen LogP contribution in [-0.2, 0) is 75.8 Å². The Morgan fingerprint density at radius 1 is 0.362 bits per heavy atom. The largest absolute Gasteiger partial charge is 0.447 e. The summed E-state index contributed by atoms with van der Waals surface area (Å²) >= 11 is 0. The van der Waals surface area contributed by atoms with E-state index in [1.165, 1.54) is 109 Å². The van der Waals surface area contributed by atoms with Gasteiger partial charge in [0.1, 0.15) is 12.7 Å². The molecule has 7 fully saturated rings. The summed E-state index contributed by atoms with van der Waals surface area (Å²) in [7, 11) is 1.65. The summed E-state index contributed by atoms with van der Waals surface area (Å²) in [5.41, 5.74) is 0. The van der Waals surface area contributed by atoms with Gasteiger partial charge >= 0.3 is 12.2 Å². The van der Waals surface area contributed by atoms with Crippen molar-refractivity contribution in [2.24, 2.45) is 55.5 Å². The minimum absolute atomic E-state index is 0.175. The van der Waals surface area contributed by atoms with E-state index in [2.05, 4.69) is 41.4 Å². The average molecular weight is 1490 g/mol. The molecule has 1 heterocycles. The maximum absolute atomic E-state index is 12.9. The maximum atomic E-state index is 12.9. The van der Waals surface area contributed by atoms with Crippen LogP contribution >= 0.6 is 0 Å². The molecule has 0 radical (unpaired) electrons. The van der Waals surface area contributed by atoms with Crippen molar-refractivity contribution >= 4 is 24.2 Å². The highest BCUT2D eigenvalue weighted by Gasteiger charge is 2.35. The molecule has 0 aromatic rings. The molecular formula is C80H143N7O18. The molecule has 7 aliphatic rings. The van der Waals surface area contributed by atoms with Crippen molar-refractivity contribution in [1.82, 2.24) is 15.5 Å². The molecule has 2 N–H and O–H groups in total. The van der Waals surface area contributed by atoms with Gasteiger partial charge in [-0.3, -0.25) is 4.90 Å². The van der Waals surface area contributed by atoms with Crippen LogP contribution in [0.3, 0.4) is 0 Å². The molecule has 3 unspecified atom stereocenters. The second kappa shape index (κ2) is 58.6. The Morgan fingerprint density at radius 2 is 0.629 bits per heavy atom. The number of carbonyl (C=O) groups is 2. The van der Waals surface area contributed by atoms with E-state index in [1.807, 2.05) is 0 Å². The molecule has 6 saturated carbocycles. The predicted octanol–water partition coefficient (Wildman–Crippen LogP) is 12.0. The van der Waals surface area contributed by atoms with E-state index >= 15 is 0 Å². The SMILES string of the molecule is CCCCOCC(CN1CC1C)OC(=O)NC1CCC(CC2CCC(N=C=NC3CCC(CC4CCC(N=C=NC5CCC(CC6CCC(NC(=O)OCCOCCOCCOCCOCCOCCOCCOCCOCCOCCOCCOCCOCCOC)CC6)CC5)CC4)CC3)CC2)CC1. The lowest BCUT2D eigenvalue weighted by atomic mass is 9.76. The lowest BCUT2D eigenvalue weighted by Crippen LogP contribution is -2.42. The molecule has 2 amide bonds. The van der Waals surface area contributed by atoms with Crippen LogP contribution in [0.5, 0.6) is 0 Å². The van der Waals surface area contributed by atoms with Crippen LogP contribution < -0.4 is 10.6 Å². The van der Waals surface area contributed by atoms with Gasteiger partial charge in [0.15, 0.2) is 0 Å². The topological polar surface area (TPSA) is 258 Å². The van der Waals surface area contributed by atoms with Crippen molar-refractivity contribution in [2.45, 2.75) is 248 Å². The third-order valence-corrected chi connectivity index (χ3v) is 22.2. The number of unbranched alkanes of at least 4 members (excludes halogenated alkanes) is 1. The standard InChI is InChI=1S/C80H143N7O18/c1-4-5-30-103-62-78(61-87-60-65(87)2)105-80(89)86-77-28-16-71(17-29-77)59-69-12-24-75(25-13-69)84-64-82-73-20-8-67(9-21-73)57-66-6-18-72(19-7-66)81-63-83-74-22-10-68(11-23-74)58-70-14-26-76(27-15-70)85-79(88)104-56-55-102-54-53-101-52-51-100-50-49-99-48-47-98-46-45-97-44-43-96-42-41-95-40-39-94-38-37-93-36-35-92-34-33-91-32-31-90-3/h65-78H,4-62H2,1-3H3,(H,85,88)(H,86,89). The number of aliphatic imine (C=N–C) groups is 4. The molecule has 0 spiro atoms. The second-order valence-corrected chi connectivity index (χ2v) is 30.6. The first-order valence-electron chi connectivity index (χ1n) is 41.7. The highest BCUT2D eigenvalue weighted by atomic mass is 16.6. The van der Waals surface area contributed by atoms with Gasteiger partial charge in [-0.1, -0.05) is 13.3 Å². The average Bonchev–Trinajstić information content (AvgIpc) is 1.84. The number of ether oxygens (including phenoxy) is 16. The fourth-order valence-corrected chi connectivity index (χ4v) is 15.7. The molecule has 606 valence electrons. The summed E-state index contributed by atoms with van der Waals surface area (Å²) in [5.74, 6) is 4.71. The molecule has 25 nitrogen and oxygen atoms in total. The van der Waals surface area contributed by atoms with Gasteiger partial charge in [-0.25, -0.2) is 29.6 Å². The van der Waals surface area contributed by atoms with Gasteiger partial charge < -0.3 is 86.4 Å². The Hall–Kier alpha value is -3.30. The predicted molar refractivity (Wildman–Crippen MR) is 404 cm³/mol. The van der Waals surface area contributed by atoms with Crippen molar-refractivity contribution in [2.75, 3.05) is 205 Å². The Balaban J connectivity index is 0.564. The van der Waals surface area contributed by atoms with Gasteiger partial charge in [-0.2, -0.15) is 0 Å². The Kier molecular flexibility index (Phi) is 49.6. The molecule has 0 aromatic carbocycles. The molecule has 105 heavy (non-hydrogen) atoms. The first kappa shape index (κ1) is 88.9. The first-order valence-corrected chi connectivity index (χ1v) is 41.7. The Bertz CT molecular complexity index is 2260. The number of hydrogen-bond donors (Lipinski definition) is 2. The van der Waals surface area contributed by atoms with Crippen molar-refractivity contribution in [3.63, 3.8) is 0 Å². The van der Waals surface area contributed by atoms with Crippen molar-refractivity contribution in [1.29, 1.82) is 0 Å². The van der Waals surface area contributed by atoms with Crippen LogP contribution in [-0.4, -0.2) is 283 Å². The number of alkyl carbamates (subject to hydrolysis) is 2. The van der Waals surface area contributed by atoms with E-state index in [-0.39, 0.29) is 37.0 Å².